The maximum Gasteiger partial charge on any atom is 0.216 e. The van der Waals surface area contributed by atoms with Gasteiger partial charge in [0, 0.05) is 22.4 Å². The molecular weight excluding hydrogens is 505 g/mol. The highest BCUT2D eigenvalue weighted by Gasteiger charge is 2.25. The quantitative estimate of drug-likeness (QED) is 0.162. The van der Waals surface area contributed by atoms with Crippen molar-refractivity contribution < 1.29 is 13.4 Å². The van der Waals surface area contributed by atoms with Gasteiger partial charge in [-0.25, -0.2) is 8.96 Å². The Balaban J connectivity index is 1.52. The number of hydrogen-bond acceptors (Lipinski definition) is 1. The number of halogens is 1. The van der Waals surface area contributed by atoms with E-state index >= 15 is 4.39 Å². The molecular formula is C38H33FNO+. The molecule has 0 aliphatic carbocycles. The minimum absolute atomic E-state index is 0.205. The van der Waals surface area contributed by atoms with Gasteiger partial charge in [0.1, 0.15) is 24.0 Å². The average Bonchev–Trinajstić information content (AvgIpc) is 3.31. The van der Waals surface area contributed by atoms with Crippen LogP contribution in [0, 0.1) is 18.2 Å². The fourth-order valence-electron chi connectivity index (χ4n) is 6.45. The van der Waals surface area contributed by atoms with Crippen LogP contribution in [-0.4, -0.2) is 0 Å². The molecule has 0 aliphatic rings. The van der Waals surface area contributed by atoms with E-state index in [0.717, 1.165) is 66.7 Å². The van der Waals surface area contributed by atoms with Crippen molar-refractivity contribution in [3.8, 4) is 22.4 Å². The Morgan fingerprint density at radius 1 is 0.707 bits per heavy atom. The first kappa shape index (κ1) is 25.5. The number of rotatable bonds is 3. The highest BCUT2D eigenvalue weighted by Crippen LogP contribution is 2.44. The molecule has 0 unspecified atom stereocenters. The first-order valence-electron chi connectivity index (χ1n) is 14.2. The zero-order chi connectivity index (χ0) is 28.5. The molecule has 2 nitrogen and oxygen atoms in total. The summed E-state index contributed by atoms with van der Waals surface area (Å²) in [5.41, 5.74) is 7.46. The number of hydrogen-bond donors (Lipinski definition) is 0. The van der Waals surface area contributed by atoms with Crippen molar-refractivity contribution in [2.45, 2.75) is 34.1 Å². The third-order valence-electron chi connectivity index (χ3n) is 8.19. The zero-order valence-electron chi connectivity index (χ0n) is 24.2. The third kappa shape index (κ3) is 4.19. The van der Waals surface area contributed by atoms with Gasteiger partial charge in [-0.05, 0) is 75.7 Å². The summed E-state index contributed by atoms with van der Waals surface area (Å²) in [5.74, 6) is -0.285. The first-order valence-corrected chi connectivity index (χ1v) is 14.2. The molecule has 0 fully saturated rings. The molecule has 202 valence electrons. The van der Waals surface area contributed by atoms with E-state index in [1.807, 2.05) is 24.3 Å². The van der Waals surface area contributed by atoms with Crippen molar-refractivity contribution in [2.24, 2.45) is 12.5 Å². The lowest BCUT2D eigenvalue weighted by Gasteiger charge is -2.17. The Kier molecular flexibility index (Phi) is 5.76. The fourth-order valence-corrected chi connectivity index (χ4v) is 6.45. The van der Waals surface area contributed by atoms with Crippen LogP contribution in [0.5, 0.6) is 0 Å². The molecule has 0 amide bonds. The largest absolute Gasteiger partial charge is 0.454 e. The topological polar surface area (TPSA) is 17.0 Å². The van der Waals surface area contributed by atoms with Crippen LogP contribution in [0.15, 0.2) is 102 Å². The van der Waals surface area contributed by atoms with E-state index in [9.17, 15) is 0 Å². The van der Waals surface area contributed by atoms with Crippen molar-refractivity contribution in [3.63, 3.8) is 0 Å². The normalized spacial score (nSPS) is 12.2. The Bertz CT molecular complexity index is 2150. The summed E-state index contributed by atoms with van der Waals surface area (Å²) in [6.07, 6.45) is 3.21. The molecule has 0 N–H and O–H groups in total. The molecule has 5 aromatic carbocycles. The summed E-state index contributed by atoms with van der Waals surface area (Å²) in [5, 5.41) is 6.26. The number of furan rings is 1. The predicted octanol–water partition coefficient (Wildman–Crippen LogP) is 10.1. The van der Waals surface area contributed by atoms with E-state index < -0.39 is 0 Å². The van der Waals surface area contributed by atoms with E-state index in [2.05, 4.69) is 106 Å². The summed E-state index contributed by atoms with van der Waals surface area (Å²) >= 11 is 0. The second-order valence-corrected chi connectivity index (χ2v) is 12.5. The summed E-state index contributed by atoms with van der Waals surface area (Å²) in [6.45, 7) is 8.89. The molecule has 0 saturated carbocycles. The lowest BCUT2D eigenvalue weighted by atomic mass is 9.88. The van der Waals surface area contributed by atoms with E-state index in [1.54, 1.807) is 6.07 Å². The number of benzene rings is 5. The van der Waals surface area contributed by atoms with Crippen molar-refractivity contribution in [1.29, 1.82) is 0 Å². The first-order chi connectivity index (χ1) is 19.7. The van der Waals surface area contributed by atoms with Crippen LogP contribution in [-0.2, 0) is 13.5 Å². The molecule has 7 rings (SSSR count). The zero-order valence-corrected chi connectivity index (χ0v) is 24.2. The van der Waals surface area contributed by atoms with Crippen LogP contribution in [0.4, 0.5) is 4.39 Å². The van der Waals surface area contributed by atoms with Crippen LogP contribution in [0.2, 0.25) is 0 Å². The maximum absolute atomic E-state index is 15.9. The standard InChI is InChI=1S/C38H33FNO/c1-23-14-16-29-30-17-18-32(39)35(31-20-25-10-6-7-11-26(25)27-12-8-9-13-28(27)31)37(30)41-36(29)34(23)33-19-15-24(22-40(33)5)21-38(2,3)4/h6-20,22H,21H2,1-5H3/q+1. The summed E-state index contributed by atoms with van der Waals surface area (Å²) < 4.78 is 24.9. The average molecular weight is 539 g/mol. The van der Waals surface area contributed by atoms with E-state index in [4.69, 9.17) is 4.42 Å². The second-order valence-electron chi connectivity index (χ2n) is 12.5. The Hall–Kier alpha value is -4.50. The van der Waals surface area contributed by atoms with Gasteiger partial charge in [-0.15, -0.1) is 0 Å². The second kappa shape index (κ2) is 9.27. The van der Waals surface area contributed by atoms with Gasteiger partial charge in [0.15, 0.2) is 6.20 Å². The highest BCUT2D eigenvalue weighted by atomic mass is 19.1. The number of pyridine rings is 1. The molecule has 7 aromatic rings. The van der Waals surface area contributed by atoms with Crippen molar-refractivity contribution in [3.05, 3.63) is 114 Å². The summed E-state index contributed by atoms with van der Waals surface area (Å²) in [4.78, 5) is 0. The third-order valence-corrected chi connectivity index (χ3v) is 8.19. The molecule has 3 heteroatoms. The van der Waals surface area contributed by atoms with Crippen LogP contribution >= 0.6 is 0 Å². The summed E-state index contributed by atoms with van der Waals surface area (Å²) in [7, 11) is 2.09. The molecule has 0 bridgehead atoms. The highest BCUT2D eigenvalue weighted by molar-refractivity contribution is 6.18. The predicted molar refractivity (Wildman–Crippen MR) is 169 cm³/mol. The minimum Gasteiger partial charge on any atom is -0.454 e. The van der Waals surface area contributed by atoms with E-state index in [-0.39, 0.29) is 11.2 Å². The van der Waals surface area contributed by atoms with Gasteiger partial charge in [-0.3, -0.25) is 0 Å². The Morgan fingerprint density at radius 3 is 2.10 bits per heavy atom. The van der Waals surface area contributed by atoms with Crippen molar-refractivity contribution >= 4 is 43.5 Å². The van der Waals surface area contributed by atoms with Gasteiger partial charge in [-0.2, -0.15) is 0 Å². The van der Waals surface area contributed by atoms with Crippen LogP contribution in [0.25, 0.3) is 65.9 Å². The Morgan fingerprint density at radius 2 is 1.37 bits per heavy atom. The van der Waals surface area contributed by atoms with Gasteiger partial charge in [0.05, 0.1) is 11.1 Å². The fraction of sp³-hybridized carbons (Fsp3) is 0.184. The van der Waals surface area contributed by atoms with Crippen molar-refractivity contribution in [1.82, 2.24) is 0 Å². The van der Waals surface area contributed by atoms with Gasteiger partial charge >= 0.3 is 0 Å². The van der Waals surface area contributed by atoms with Gasteiger partial charge in [-0.1, -0.05) is 81.4 Å². The van der Waals surface area contributed by atoms with Crippen molar-refractivity contribution in [2.75, 3.05) is 0 Å². The van der Waals surface area contributed by atoms with Gasteiger partial charge in [0.2, 0.25) is 5.69 Å². The lowest BCUT2D eigenvalue weighted by molar-refractivity contribution is -0.660. The SMILES string of the molecule is Cc1ccc2c(oc3c(-c4cc5ccccc5c5ccccc45)c(F)ccc32)c1-c1ccc(CC(C)(C)C)c[n+]1C. The molecule has 0 aliphatic heterocycles. The van der Waals surface area contributed by atoms with Gasteiger partial charge < -0.3 is 4.42 Å². The number of aryl methyl sites for hydroxylation is 2. The molecule has 0 saturated heterocycles. The van der Waals surface area contributed by atoms with Crippen LogP contribution in [0.1, 0.15) is 31.9 Å². The minimum atomic E-state index is -0.285. The Labute approximate surface area is 239 Å². The van der Waals surface area contributed by atoms with Crippen LogP contribution in [0.3, 0.4) is 0 Å². The van der Waals surface area contributed by atoms with E-state index in [1.165, 1.54) is 5.56 Å². The molecule has 2 heterocycles. The molecule has 0 atom stereocenters. The smallest absolute Gasteiger partial charge is 0.216 e. The summed E-state index contributed by atoms with van der Waals surface area (Å²) in [6, 6.07) is 30.7. The van der Waals surface area contributed by atoms with Gasteiger partial charge in [0.25, 0.3) is 0 Å². The molecule has 0 radical (unpaired) electrons. The molecule has 0 spiro atoms. The lowest BCUT2D eigenvalue weighted by Crippen LogP contribution is -2.32. The molecule has 41 heavy (non-hydrogen) atoms. The number of fused-ring (bicyclic) bond motifs is 6. The number of nitrogens with zero attached hydrogens (tertiary/aromatic N) is 1. The molecule has 2 aromatic heterocycles. The van der Waals surface area contributed by atoms with E-state index in [0.29, 0.717) is 11.1 Å². The van der Waals surface area contributed by atoms with Crippen LogP contribution < -0.4 is 4.57 Å². The number of aromatic nitrogens is 1. The monoisotopic (exact) mass is 538 g/mol. The maximum atomic E-state index is 15.9.